The molecule has 2 heterocycles. The third kappa shape index (κ3) is 6.32. The SMILES string of the molecule is Cc1c(NC(=O)c2ccc(OC[C@H]3CCCO3)cc2)ccc2cc(CNCC(C)(C)O)cnc12. The lowest BCUT2D eigenvalue weighted by Gasteiger charge is -2.17. The molecule has 1 saturated heterocycles. The Hall–Kier alpha value is -3.00. The van der Waals surface area contributed by atoms with Crippen molar-refractivity contribution in [2.45, 2.75) is 51.9 Å². The van der Waals surface area contributed by atoms with Crippen molar-refractivity contribution < 1.29 is 19.4 Å². The van der Waals surface area contributed by atoms with Gasteiger partial charge in [0, 0.05) is 42.5 Å². The van der Waals surface area contributed by atoms with Crippen molar-refractivity contribution >= 4 is 22.5 Å². The molecule has 1 fully saturated rings. The summed E-state index contributed by atoms with van der Waals surface area (Å²) in [4.78, 5) is 17.4. The number of benzene rings is 2. The quantitative estimate of drug-likeness (QED) is 0.440. The van der Waals surface area contributed by atoms with Crippen LogP contribution in [0.15, 0.2) is 48.7 Å². The van der Waals surface area contributed by atoms with E-state index in [4.69, 9.17) is 9.47 Å². The van der Waals surface area contributed by atoms with Gasteiger partial charge in [-0.3, -0.25) is 9.78 Å². The van der Waals surface area contributed by atoms with Gasteiger partial charge < -0.3 is 25.2 Å². The van der Waals surface area contributed by atoms with Gasteiger partial charge in [0.25, 0.3) is 5.91 Å². The van der Waals surface area contributed by atoms with Crippen LogP contribution in [0.4, 0.5) is 5.69 Å². The minimum absolute atomic E-state index is 0.160. The molecule has 0 unspecified atom stereocenters. The number of carbonyl (C=O) groups is 1. The molecule has 4 rings (SSSR count). The van der Waals surface area contributed by atoms with Gasteiger partial charge in [0.2, 0.25) is 0 Å². The lowest BCUT2D eigenvalue weighted by Crippen LogP contribution is -2.34. The van der Waals surface area contributed by atoms with Crippen molar-refractivity contribution in [3.63, 3.8) is 0 Å². The Morgan fingerprint density at radius 3 is 2.74 bits per heavy atom. The highest BCUT2D eigenvalue weighted by molar-refractivity contribution is 6.06. The number of rotatable bonds is 9. The second-order valence-electron chi connectivity index (χ2n) is 9.49. The Morgan fingerprint density at radius 1 is 1.24 bits per heavy atom. The molecule has 180 valence electrons. The molecule has 34 heavy (non-hydrogen) atoms. The topological polar surface area (TPSA) is 92.7 Å². The highest BCUT2D eigenvalue weighted by atomic mass is 16.5. The molecule has 1 aliphatic rings. The zero-order valence-corrected chi connectivity index (χ0v) is 20.1. The fraction of sp³-hybridized carbons (Fsp3) is 0.407. The van der Waals surface area contributed by atoms with Crippen LogP contribution in [-0.4, -0.2) is 47.5 Å². The van der Waals surface area contributed by atoms with E-state index in [1.807, 2.05) is 37.4 Å². The number of hydrogen-bond donors (Lipinski definition) is 3. The highest BCUT2D eigenvalue weighted by Gasteiger charge is 2.16. The van der Waals surface area contributed by atoms with Crippen LogP contribution in [-0.2, 0) is 11.3 Å². The molecule has 0 saturated carbocycles. The normalized spacial score (nSPS) is 16.1. The van der Waals surface area contributed by atoms with Gasteiger partial charge in [-0.1, -0.05) is 6.07 Å². The van der Waals surface area contributed by atoms with Gasteiger partial charge in [-0.05, 0) is 81.1 Å². The van der Waals surface area contributed by atoms with Crippen molar-refractivity contribution in [3.8, 4) is 5.75 Å². The first-order chi connectivity index (χ1) is 16.3. The van der Waals surface area contributed by atoms with Crippen molar-refractivity contribution in [2.75, 3.05) is 25.1 Å². The zero-order chi connectivity index (χ0) is 24.1. The number of aromatic nitrogens is 1. The van der Waals surface area contributed by atoms with Gasteiger partial charge in [-0.25, -0.2) is 0 Å². The van der Waals surface area contributed by atoms with E-state index < -0.39 is 5.60 Å². The fourth-order valence-electron chi connectivity index (χ4n) is 4.00. The van der Waals surface area contributed by atoms with Gasteiger partial charge >= 0.3 is 0 Å². The largest absolute Gasteiger partial charge is 0.491 e. The first kappa shape index (κ1) is 24.1. The first-order valence-corrected chi connectivity index (χ1v) is 11.8. The number of fused-ring (bicyclic) bond motifs is 1. The zero-order valence-electron chi connectivity index (χ0n) is 20.1. The molecule has 1 amide bonds. The van der Waals surface area contributed by atoms with E-state index in [0.29, 0.717) is 25.3 Å². The van der Waals surface area contributed by atoms with Crippen LogP contribution in [0, 0.1) is 6.92 Å². The first-order valence-electron chi connectivity index (χ1n) is 11.8. The molecule has 0 spiro atoms. The number of aliphatic hydroxyl groups is 1. The van der Waals surface area contributed by atoms with E-state index in [-0.39, 0.29) is 12.0 Å². The Kier molecular flexibility index (Phi) is 7.46. The summed E-state index contributed by atoms with van der Waals surface area (Å²) in [6, 6.07) is 13.1. The summed E-state index contributed by atoms with van der Waals surface area (Å²) in [5, 5.41) is 17.1. The number of anilines is 1. The number of amides is 1. The van der Waals surface area contributed by atoms with Gasteiger partial charge in [-0.15, -0.1) is 0 Å². The van der Waals surface area contributed by atoms with Crippen LogP contribution in [0.5, 0.6) is 5.75 Å². The van der Waals surface area contributed by atoms with E-state index in [0.717, 1.165) is 52.9 Å². The van der Waals surface area contributed by atoms with E-state index in [1.54, 1.807) is 26.0 Å². The van der Waals surface area contributed by atoms with Gasteiger partial charge in [-0.2, -0.15) is 0 Å². The molecule has 1 atom stereocenters. The van der Waals surface area contributed by atoms with Crippen molar-refractivity contribution in [1.82, 2.24) is 10.3 Å². The molecule has 0 aliphatic carbocycles. The summed E-state index contributed by atoms with van der Waals surface area (Å²) in [5.74, 6) is 0.548. The van der Waals surface area contributed by atoms with Crippen molar-refractivity contribution in [2.24, 2.45) is 0 Å². The van der Waals surface area contributed by atoms with Gasteiger partial charge in [0.15, 0.2) is 0 Å². The monoisotopic (exact) mass is 463 g/mol. The van der Waals surface area contributed by atoms with Crippen LogP contribution < -0.4 is 15.4 Å². The van der Waals surface area contributed by atoms with Crippen LogP contribution in [0.2, 0.25) is 0 Å². The summed E-state index contributed by atoms with van der Waals surface area (Å²) < 4.78 is 11.4. The molecular formula is C27H33N3O4. The molecule has 3 N–H and O–H groups in total. The Labute approximate surface area is 200 Å². The summed E-state index contributed by atoms with van der Waals surface area (Å²) in [6.07, 6.45) is 4.10. The Balaban J connectivity index is 1.38. The molecule has 7 heteroatoms. The lowest BCUT2D eigenvalue weighted by molar-refractivity contribution is 0.0679. The Bertz CT molecular complexity index is 1130. The molecule has 0 bridgehead atoms. The predicted octanol–water partition coefficient (Wildman–Crippen LogP) is 4.21. The van der Waals surface area contributed by atoms with Gasteiger partial charge in [0.05, 0.1) is 17.2 Å². The number of carbonyl (C=O) groups excluding carboxylic acids is 1. The summed E-state index contributed by atoms with van der Waals surface area (Å²) in [7, 11) is 0. The van der Waals surface area contributed by atoms with E-state index in [9.17, 15) is 9.90 Å². The molecule has 2 aromatic carbocycles. The molecule has 7 nitrogen and oxygen atoms in total. The number of nitrogens with zero attached hydrogens (tertiary/aromatic N) is 1. The Morgan fingerprint density at radius 2 is 2.03 bits per heavy atom. The third-order valence-corrected chi connectivity index (χ3v) is 5.87. The number of aryl methyl sites for hydroxylation is 1. The highest BCUT2D eigenvalue weighted by Crippen LogP contribution is 2.25. The molecule has 0 radical (unpaired) electrons. The number of ether oxygens (including phenoxy) is 2. The maximum Gasteiger partial charge on any atom is 0.255 e. The number of pyridine rings is 1. The van der Waals surface area contributed by atoms with E-state index in [1.165, 1.54) is 0 Å². The number of hydrogen-bond acceptors (Lipinski definition) is 6. The maximum absolute atomic E-state index is 12.8. The second-order valence-corrected chi connectivity index (χ2v) is 9.49. The average Bonchev–Trinajstić information content (AvgIpc) is 3.33. The van der Waals surface area contributed by atoms with Crippen LogP contribution in [0.25, 0.3) is 10.9 Å². The summed E-state index contributed by atoms with van der Waals surface area (Å²) in [5.41, 5.74) is 3.34. The summed E-state index contributed by atoms with van der Waals surface area (Å²) >= 11 is 0. The fourth-order valence-corrected chi connectivity index (χ4v) is 4.00. The predicted molar refractivity (Wildman–Crippen MR) is 133 cm³/mol. The van der Waals surface area contributed by atoms with Crippen LogP contribution >= 0.6 is 0 Å². The summed E-state index contributed by atoms with van der Waals surface area (Å²) in [6.45, 7) is 7.96. The van der Waals surface area contributed by atoms with E-state index >= 15 is 0 Å². The molecule has 3 aromatic rings. The minimum atomic E-state index is -0.758. The molecule has 1 aromatic heterocycles. The maximum atomic E-state index is 12.8. The van der Waals surface area contributed by atoms with E-state index in [2.05, 4.69) is 21.7 Å². The minimum Gasteiger partial charge on any atom is -0.491 e. The van der Waals surface area contributed by atoms with Gasteiger partial charge in [0.1, 0.15) is 12.4 Å². The lowest BCUT2D eigenvalue weighted by atomic mass is 10.1. The second kappa shape index (κ2) is 10.5. The van der Waals surface area contributed by atoms with Crippen LogP contribution in [0.1, 0.15) is 48.2 Å². The smallest absolute Gasteiger partial charge is 0.255 e. The van der Waals surface area contributed by atoms with Crippen molar-refractivity contribution in [3.05, 3.63) is 65.4 Å². The average molecular weight is 464 g/mol. The standard InChI is InChI=1S/C27H33N3O4/c1-18-24(11-8-21-13-19(15-29-25(18)21)14-28-17-27(2,3)32)30-26(31)20-6-9-22(10-7-20)34-16-23-5-4-12-33-23/h6-11,13,15,23,28,32H,4-5,12,14,16-17H2,1-3H3,(H,30,31)/t23-/m1/s1. The third-order valence-electron chi connectivity index (χ3n) is 5.87. The number of nitrogens with one attached hydrogen (secondary N) is 2. The molecule has 1 aliphatic heterocycles. The van der Waals surface area contributed by atoms with Crippen LogP contribution in [0.3, 0.4) is 0 Å². The molecular weight excluding hydrogens is 430 g/mol. The van der Waals surface area contributed by atoms with Crippen molar-refractivity contribution in [1.29, 1.82) is 0 Å².